The van der Waals surface area contributed by atoms with Crippen LogP contribution in [0.25, 0.3) is 0 Å². The molecule has 30 heavy (non-hydrogen) atoms. The Hall–Kier alpha value is -1.81. The molecule has 1 aromatic rings. The van der Waals surface area contributed by atoms with Crippen LogP contribution in [0, 0.1) is 0 Å². The number of carbonyl (C=O) groups is 1. The topological polar surface area (TPSA) is 72.0 Å². The fraction of sp³-hybridized carbons (Fsp3) is 0.545. The maximum Gasteiger partial charge on any atom is 0.233 e. The number of aliphatic imine (C=N–C) groups is 1. The Kier molecular flexibility index (Phi) is 10.4. The Balaban J connectivity index is 0.00000320. The molecule has 1 fully saturated rings. The summed E-state index contributed by atoms with van der Waals surface area (Å²) in [6.45, 7) is 7.88. The Labute approximate surface area is 197 Å². The third kappa shape index (κ3) is 7.46. The molecule has 2 aliphatic rings. The van der Waals surface area contributed by atoms with E-state index in [4.69, 9.17) is 4.99 Å². The average molecular weight is 526 g/mol. The molecule has 1 amide bonds. The van der Waals surface area contributed by atoms with E-state index >= 15 is 0 Å². The van der Waals surface area contributed by atoms with Gasteiger partial charge < -0.3 is 20.9 Å². The van der Waals surface area contributed by atoms with E-state index in [1.54, 1.807) is 7.05 Å². The number of nitrogens with zero attached hydrogens (tertiary/aromatic N) is 3. The van der Waals surface area contributed by atoms with Crippen molar-refractivity contribution in [3.8, 4) is 0 Å². The number of piperidine rings is 1. The molecular formula is C22H35IN6O. The number of likely N-dealkylation sites (N-methyl/N-ethyl adjacent to an activating group) is 1. The monoisotopic (exact) mass is 526 g/mol. The van der Waals surface area contributed by atoms with Crippen molar-refractivity contribution in [2.75, 3.05) is 51.2 Å². The summed E-state index contributed by atoms with van der Waals surface area (Å²) >= 11 is 0. The van der Waals surface area contributed by atoms with Crippen LogP contribution in [0.1, 0.15) is 25.3 Å². The van der Waals surface area contributed by atoms with Gasteiger partial charge in [-0.3, -0.25) is 9.69 Å². The summed E-state index contributed by atoms with van der Waals surface area (Å²) in [5, 5.41) is 9.63. The Morgan fingerprint density at radius 2 is 1.93 bits per heavy atom. The predicted molar refractivity (Wildman–Crippen MR) is 135 cm³/mol. The zero-order valence-corrected chi connectivity index (χ0v) is 20.4. The highest BCUT2D eigenvalue weighted by Gasteiger charge is 2.21. The van der Waals surface area contributed by atoms with E-state index in [0.717, 1.165) is 51.5 Å². The number of guanidine groups is 1. The minimum Gasteiger partial charge on any atom is -0.364 e. The van der Waals surface area contributed by atoms with Crippen LogP contribution in [-0.2, 0) is 11.3 Å². The molecule has 1 saturated heterocycles. The molecule has 3 N–H and O–H groups in total. The highest BCUT2D eigenvalue weighted by Crippen LogP contribution is 2.19. The van der Waals surface area contributed by atoms with Gasteiger partial charge in [0.25, 0.3) is 0 Å². The lowest BCUT2D eigenvalue weighted by atomic mass is 10.1. The summed E-state index contributed by atoms with van der Waals surface area (Å²) in [6.07, 6.45) is 6.44. The number of hydrogen-bond acceptors (Lipinski definition) is 4. The second-order valence-electron chi connectivity index (χ2n) is 7.61. The van der Waals surface area contributed by atoms with Crippen LogP contribution in [0.3, 0.4) is 0 Å². The molecule has 0 aliphatic carbocycles. The third-order valence-corrected chi connectivity index (χ3v) is 5.43. The van der Waals surface area contributed by atoms with Crippen LogP contribution < -0.4 is 20.9 Å². The Morgan fingerprint density at radius 3 is 2.60 bits per heavy atom. The van der Waals surface area contributed by atoms with Gasteiger partial charge in [0.05, 0.1) is 13.1 Å². The number of benzene rings is 1. The maximum absolute atomic E-state index is 11.5. The number of hydrogen-bond donors (Lipinski definition) is 3. The molecule has 0 atom stereocenters. The zero-order chi connectivity index (χ0) is 20.5. The maximum atomic E-state index is 11.5. The van der Waals surface area contributed by atoms with Gasteiger partial charge >= 0.3 is 0 Å². The number of carbonyl (C=O) groups excluding carboxylic acids is 1. The SMILES string of the molecule is CCNC(=NCc1cccc(N2CC=CC2)c1)NC1CCN(CC(=O)NC)CC1.I. The van der Waals surface area contributed by atoms with Gasteiger partial charge in [-0.1, -0.05) is 24.3 Å². The third-order valence-electron chi connectivity index (χ3n) is 5.43. The fourth-order valence-corrected chi connectivity index (χ4v) is 3.74. The number of anilines is 1. The smallest absolute Gasteiger partial charge is 0.233 e. The van der Waals surface area contributed by atoms with E-state index in [1.807, 2.05) is 0 Å². The molecule has 1 aromatic carbocycles. The first-order valence-corrected chi connectivity index (χ1v) is 10.6. The number of nitrogens with one attached hydrogen (secondary N) is 3. The highest BCUT2D eigenvalue weighted by atomic mass is 127. The molecular weight excluding hydrogens is 491 g/mol. The largest absolute Gasteiger partial charge is 0.364 e. The fourth-order valence-electron chi connectivity index (χ4n) is 3.74. The second kappa shape index (κ2) is 12.8. The molecule has 166 valence electrons. The van der Waals surface area contributed by atoms with Crippen molar-refractivity contribution in [3.05, 3.63) is 42.0 Å². The van der Waals surface area contributed by atoms with E-state index in [2.05, 4.69) is 69.1 Å². The molecule has 0 bridgehead atoms. The minimum atomic E-state index is 0. The number of amides is 1. The lowest BCUT2D eigenvalue weighted by Gasteiger charge is -2.32. The van der Waals surface area contributed by atoms with Gasteiger partial charge in [-0.2, -0.15) is 0 Å². The quantitative estimate of drug-likeness (QED) is 0.219. The normalized spacial score (nSPS) is 17.5. The number of likely N-dealkylation sites (tertiary alicyclic amines) is 1. The first-order valence-electron chi connectivity index (χ1n) is 10.6. The van der Waals surface area contributed by atoms with Crippen molar-refractivity contribution in [2.45, 2.75) is 32.4 Å². The molecule has 7 nitrogen and oxygen atoms in total. The van der Waals surface area contributed by atoms with Crippen molar-refractivity contribution in [1.82, 2.24) is 20.9 Å². The summed E-state index contributed by atoms with van der Waals surface area (Å²) in [6, 6.07) is 9.03. The Morgan fingerprint density at radius 1 is 1.20 bits per heavy atom. The second-order valence-corrected chi connectivity index (χ2v) is 7.61. The molecule has 8 heteroatoms. The van der Waals surface area contributed by atoms with Crippen molar-refractivity contribution in [2.24, 2.45) is 4.99 Å². The first kappa shape index (κ1) is 24.5. The molecule has 0 spiro atoms. The molecule has 2 heterocycles. The lowest BCUT2D eigenvalue weighted by Crippen LogP contribution is -2.50. The van der Waals surface area contributed by atoms with Gasteiger partial charge in [-0.15, -0.1) is 24.0 Å². The van der Waals surface area contributed by atoms with Gasteiger partial charge in [0.1, 0.15) is 0 Å². The van der Waals surface area contributed by atoms with E-state index in [1.165, 1.54) is 11.3 Å². The van der Waals surface area contributed by atoms with Crippen LogP contribution in [0.2, 0.25) is 0 Å². The van der Waals surface area contributed by atoms with E-state index < -0.39 is 0 Å². The predicted octanol–water partition coefficient (Wildman–Crippen LogP) is 1.95. The summed E-state index contributed by atoms with van der Waals surface area (Å²) in [5.41, 5.74) is 2.47. The number of rotatable bonds is 7. The van der Waals surface area contributed by atoms with Crippen LogP contribution in [0.5, 0.6) is 0 Å². The summed E-state index contributed by atoms with van der Waals surface area (Å²) in [7, 11) is 1.69. The van der Waals surface area contributed by atoms with Gasteiger partial charge in [0.2, 0.25) is 5.91 Å². The van der Waals surface area contributed by atoms with Crippen LogP contribution in [0.15, 0.2) is 41.4 Å². The first-order chi connectivity index (χ1) is 14.2. The minimum absolute atomic E-state index is 0. The summed E-state index contributed by atoms with van der Waals surface area (Å²) < 4.78 is 0. The van der Waals surface area contributed by atoms with Gasteiger partial charge in [0, 0.05) is 51.5 Å². The van der Waals surface area contributed by atoms with E-state index in [-0.39, 0.29) is 29.9 Å². The van der Waals surface area contributed by atoms with Crippen molar-refractivity contribution >= 4 is 41.5 Å². The zero-order valence-electron chi connectivity index (χ0n) is 18.1. The lowest BCUT2D eigenvalue weighted by molar-refractivity contribution is -0.122. The standard InChI is InChI=1S/C22H34N6O.HI/c1-3-24-22(26-19-9-13-27(14-10-19)17-21(29)23-2)25-16-18-7-6-8-20(15-18)28-11-4-5-12-28;/h4-8,15,19H,3,9-14,16-17H2,1-2H3,(H,23,29)(H2,24,25,26);1H. The summed E-state index contributed by atoms with van der Waals surface area (Å²) in [5.74, 6) is 0.948. The van der Waals surface area contributed by atoms with Crippen molar-refractivity contribution < 1.29 is 4.79 Å². The molecule has 3 rings (SSSR count). The number of halogens is 1. The molecule has 2 aliphatic heterocycles. The average Bonchev–Trinajstić information content (AvgIpc) is 3.29. The molecule has 0 radical (unpaired) electrons. The molecule has 0 saturated carbocycles. The van der Waals surface area contributed by atoms with E-state index in [0.29, 0.717) is 19.1 Å². The molecule has 0 aromatic heterocycles. The molecule has 0 unspecified atom stereocenters. The van der Waals surface area contributed by atoms with Gasteiger partial charge in [0.15, 0.2) is 5.96 Å². The summed E-state index contributed by atoms with van der Waals surface area (Å²) in [4.78, 5) is 20.9. The van der Waals surface area contributed by atoms with E-state index in [9.17, 15) is 4.79 Å². The van der Waals surface area contributed by atoms with Crippen molar-refractivity contribution in [3.63, 3.8) is 0 Å². The van der Waals surface area contributed by atoms with Crippen molar-refractivity contribution in [1.29, 1.82) is 0 Å². The Bertz CT molecular complexity index is 722. The van der Waals surface area contributed by atoms with Gasteiger partial charge in [-0.25, -0.2) is 4.99 Å². The van der Waals surface area contributed by atoms with Crippen LogP contribution in [-0.4, -0.2) is 69.1 Å². The van der Waals surface area contributed by atoms with Crippen LogP contribution >= 0.6 is 24.0 Å². The van der Waals surface area contributed by atoms with Gasteiger partial charge in [-0.05, 0) is 37.5 Å². The van der Waals surface area contributed by atoms with Crippen LogP contribution in [0.4, 0.5) is 5.69 Å². The highest BCUT2D eigenvalue weighted by molar-refractivity contribution is 14.0.